The molecule has 0 aromatic carbocycles. The van der Waals surface area contributed by atoms with Crippen LogP contribution in [0.5, 0.6) is 0 Å². The Labute approximate surface area is 123 Å². The number of nitrogens with one attached hydrogen (secondary N) is 1. The lowest BCUT2D eigenvalue weighted by Crippen LogP contribution is -2.39. The van der Waals surface area contributed by atoms with Gasteiger partial charge in [0.1, 0.15) is 11.3 Å². The summed E-state index contributed by atoms with van der Waals surface area (Å²) in [5.74, 6) is -2.32. The number of ether oxygens (including phenoxy) is 1. The third kappa shape index (κ3) is 5.19. The van der Waals surface area contributed by atoms with Crippen LogP contribution in [0.25, 0.3) is 0 Å². The third-order valence-corrected chi connectivity index (χ3v) is 2.13. The zero-order valence-corrected chi connectivity index (χ0v) is 11.9. The number of rotatable bonds is 3. The van der Waals surface area contributed by atoms with Gasteiger partial charge < -0.3 is 15.2 Å². The predicted molar refractivity (Wildman–Crippen MR) is 66.8 cm³/mol. The number of carbonyl (C=O) groups excluding carboxylic acids is 1. The number of aromatic nitrogens is 2. The van der Waals surface area contributed by atoms with Crippen LogP contribution in [0.4, 0.5) is 18.0 Å². The number of amides is 1. The maximum atomic E-state index is 12.6. The summed E-state index contributed by atoms with van der Waals surface area (Å²) in [6.45, 7) is 4.63. The maximum absolute atomic E-state index is 12.6. The van der Waals surface area contributed by atoms with E-state index in [0.717, 1.165) is 6.20 Å². The zero-order chi connectivity index (χ0) is 17.1. The van der Waals surface area contributed by atoms with Crippen LogP contribution in [0.2, 0.25) is 0 Å². The number of aliphatic carboxylic acids is 1. The molecule has 1 rings (SSSR count). The summed E-state index contributed by atoms with van der Waals surface area (Å²) in [5, 5.41) is 11.0. The van der Waals surface area contributed by atoms with E-state index in [9.17, 15) is 22.8 Å². The minimum absolute atomic E-state index is 0.593. The lowest BCUT2D eigenvalue weighted by atomic mass is 10.2. The summed E-state index contributed by atoms with van der Waals surface area (Å²) in [6.07, 6.45) is -5.11. The molecule has 22 heavy (non-hydrogen) atoms. The largest absolute Gasteiger partial charge is 0.479 e. The Morgan fingerprint density at radius 1 is 1.32 bits per heavy atom. The van der Waals surface area contributed by atoms with Crippen LogP contribution in [-0.4, -0.2) is 32.7 Å². The van der Waals surface area contributed by atoms with Crippen LogP contribution in [-0.2, 0) is 15.7 Å². The van der Waals surface area contributed by atoms with Crippen LogP contribution in [0.1, 0.15) is 38.3 Å². The second-order valence-corrected chi connectivity index (χ2v) is 5.22. The number of carbonyl (C=O) groups is 2. The monoisotopic (exact) mass is 321 g/mol. The molecule has 0 spiro atoms. The molecule has 122 valence electrons. The smallest absolute Gasteiger partial charge is 0.433 e. The Morgan fingerprint density at radius 3 is 2.36 bits per heavy atom. The molecule has 0 fully saturated rings. The number of carboxylic acids is 1. The van der Waals surface area contributed by atoms with E-state index in [1.54, 1.807) is 20.8 Å². The highest BCUT2D eigenvalue weighted by Crippen LogP contribution is 2.27. The quantitative estimate of drug-likeness (QED) is 0.884. The van der Waals surface area contributed by atoms with E-state index in [0.29, 0.717) is 6.07 Å². The summed E-state index contributed by atoms with van der Waals surface area (Å²) in [6, 6.07) is -1.27. The molecule has 0 saturated carbocycles. The maximum Gasteiger partial charge on any atom is 0.433 e. The van der Waals surface area contributed by atoms with Crippen LogP contribution < -0.4 is 5.32 Å². The molecule has 10 heteroatoms. The van der Waals surface area contributed by atoms with Crippen LogP contribution in [0.15, 0.2) is 12.3 Å². The van der Waals surface area contributed by atoms with Crippen LogP contribution >= 0.6 is 0 Å². The van der Waals surface area contributed by atoms with Gasteiger partial charge in [0.2, 0.25) is 0 Å². The number of nitrogens with zero attached hydrogens (tertiary/aromatic N) is 2. The van der Waals surface area contributed by atoms with Crippen molar-refractivity contribution >= 4 is 12.1 Å². The topological polar surface area (TPSA) is 101 Å². The van der Waals surface area contributed by atoms with E-state index in [4.69, 9.17) is 9.84 Å². The van der Waals surface area contributed by atoms with Gasteiger partial charge in [0, 0.05) is 6.20 Å². The van der Waals surface area contributed by atoms with Crippen molar-refractivity contribution in [3.05, 3.63) is 23.8 Å². The molecule has 1 heterocycles. The van der Waals surface area contributed by atoms with Gasteiger partial charge >= 0.3 is 18.2 Å². The lowest BCUT2D eigenvalue weighted by Gasteiger charge is -2.21. The minimum atomic E-state index is -4.76. The molecule has 0 aliphatic carbocycles. The Balaban J connectivity index is 3.02. The minimum Gasteiger partial charge on any atom is -0.479 e. The van der Waals surface area contributed by atoms with Gasteiger partial charge in [-0.3, -0.25) is 0 Å². The molecule has 0 radical (unpaired) electrons. The molecule has 1 aromatic heterocycles. The standard InChI is InChI=1S/C12H14F3N3O4/c1-11(2,3)22-10(21)18-7(9(19)20)8-16-5-4-6(17-8)12(13,14)15/h4-5,7H,1-3H3,(H,18,21)(H,19,20). The molecule has 0 saturated heterocycles. The van der Waals surface area contributed by atoms with Gasteiger partial charge in [0.15, 0.2) is 11.9 Å². The van der Waals surface area contributed by atoms with E-state index in [1.807, 2.05) is 5.32 Å². The Kier molecular flexibility index (Phi) is 4.94. The van der Waals surface area contributed by atoms with E-state index < -0.39 is 41.4 Å². The molecule has 1 atom stereocenters. The van der Waals surface area contributed by atoms with Crippen molar-refractivity contribution in [1.29, 1.82) is 0 Å². The predicted octanol–water partition coefficient (Wildman–Crippen LogP) is 2.15. The lowest BCUT2D eigenvalue weighted by molar-refractivity contribution is -0.143. The first-order valence-corrected chi connectivity index (χ1v) is 6.02. The van der Waals surface area contributed by atoms with Crippen LogP contribution in [0, 0.1) is 0 Å². The molecule has 2 N–H and O–H groups in total. The van der Waals surface area contributed by atoms with Gasteiger partial charge in [-0.15, -0.1) is 0 Å². The average molecular weight is 321 g/mol. The highest BCUT2D eigenvalue weighted by atomic mass is 19.4. The second kappa shape index (κ2) is 6.16. The highest BCUT2D eigenvalue weighted by molar-refractivity contribution is 5.80. The van der Waals surface area contributed by atoms with Crippen molar-refractivity contribution in [3.8, 4) is 0 Å². The normalized spacial score (nSPS) is 13.4. The summed E-state index contributed by atoms with van der Waals surface area (Å²) >= 11 is 0. The Hall–Kier alpha value is -2.39. The molecule has 7 nitrogen and oxygen atoms in total. The first-order valence-electron chi connectivity index (χ1n) is 6.02. The summed E-state index contributed by atoms with van der Waals surface area (Å²) in [5.41, 5.74) is -2.21. The fraction of sp³-hybridized carbons (Fsp3) is 0.500. The zero-order valence-electron chi connectivity index (χ0n) is 11.9. The number of hydrogen-bond donors (Lipinski definition) is 2. The first-order chi connectivity index (χ1) is 9.90. The number of halogens is 3. The Bertz CT molecular complexity index is 569. The van der Waals surface area contributed by atoms with E-state index in [1.165, 1.54) is 0 Å². The van der Waals surface area contributed by atoms with Crippen molar-refractivity contribution in [2.24, 2.45) is 0 Å². The van der Waals surface area contributed by atoms with Gasteiger partial charge in [-0.1, -0.05) is 0 Å². The van der Waals surface area contributed by atoms with Crippen molar-refractivity contribution in [2.45, 2.75) is 38.6 Å². The van der Waals surface area contributed by atoms with Gasteiger partial charge in [0.25, 0.3) is 0 Å². The Morgan fingerprint density at radius 2 is 1.91 bits per heavy atom. The van der Waals surface area contributed by atoms with Crippen LogP contribution in [0.3, 0.4) is 0 Å². The second-order valence-electron chi connectivity index (χ2n) is 5.22. The molecule has 0 bridgehead atoms. The number of carboxylic acid groups (broad SMARTS) is 1. The first kappa shape index (κ1) is 17.7. The molecule has 0 aliphatic rings. The number of alkyl carbamates (subject to hydrolysis) is 1. The SMILES string of the molecule is CC(C)(C)OC(=O)NC(C(=O)O)c1nccc(C(F)(F)F)n1. The summed E-state index contributed by atoms with van der Waals surface area (Å²) in [7, 11) is 0. The highest BCUT2D eigenvalue weighted by Gasteiger charge is 2.35. The van der Waals surface area contributed by atoms with E-state index in [2.05, 4.69) is 9.97 Å². The average Bonchev–Trinajstić information content (AvgIpc) is 2.32. The number of hydrogen-bond acceptors (Lipinski definition) is 5. The molecule has 1 unspecified atom stereocenters. The van der Waals surface area contributed by atoms with Gasteiger partial charge in [-0.05, 0) is 26.8 Å². The molecular weight excluding hydrogens is 307 g/mol. The fourth-order valence-corrected chi connectivity index (χ4v) is 1.33. The van der Waals surface area contributed by atoms with E-state index in [-0.39, 0.29) is 0 Å². The van der Waals surface area contributed by atoms with E-state index >= 15 is 0 Å². The molecular formula is C12H14F3N3O4. The van der Waals surface area contributed by atoms with Crippen molar-refractivity contribution in [2.75, 3.05) is 0 Å². The van der Waals surface area contributed by atoms with Crippen molar-refractivity contribution < 1.29 is 32.6 Å². The van der Waals surface area contributed by atoms with Gasteiger partial charge in [-0.25, -0.2) is 19.6 Å². The fourth-order valence-electron chi connectivity index (χ4n) is 1.33. The third-order valence-electron chi connectivity index (χ3n) is 2.13. The van der Waals surface area contributed by atoms with Crippen molar-refractivity contribution in [3.63, 3.8) is 0 Å². The van der Waals surface area contributed by atoms with Gasteiger partial charge in [0.05, 0.1) is 0 Å². The number of alkyl halides is 3. The van der Waals surface area contributed by atoms with Gasteiger partial charge in [-0.2, -0.15) is 13.2 Å². The molecule has 0 aliphatic heterocycles. The molecule has 1 aromatic rings. The van der Waals surface area contributed by atoms with Crippen molar-refractivity contribution in [1.82, 2.24) is 15.3 Å². The summed E-state index contributed by atoms with van der Waals surface area (Å²) < 4.78 is 42.5. The summed E-state index contributed by atoms with van der Waals surface area (Å²) in [4.78, 5) is 29.3. The molecule has 1 amide bonds.